The van der Waals surface area contributed by atoms with E-state index in [1.807, 2.05) is 43.3 Å². The molecule has 2 aromatic rings. The highest BCUT2D eigenvalue weighted by Crippen LogP contribution is 2.41. The molecular weight excluding hydrogens is 368 g/mol. The minimum atomic E-state index is -0.833. The number of hydrogen-bond donors (Lipinski definition) is 2. The Balaban J connectivity index is 2.09. The zero-order valence-electron chi connectivity index (χ0n) is 16.5. The molecule has 1 aliphatic heterocycles. The van der Waals surface area contributed by atoms with Gasteiger partial charge in [0.05, 0.1) is 23.1 Å². The first-order valence-corrected chi connectivity index (χ1v) is 10.1. The summed E-state index contributed by atoms with van der Waals surface area (Å²) in [5.74, 6) is -0.602. The number of amides is 1. The first-order chi connectivity index (χ1) is 13.3. The van der Waals surface area contributed by atoms with Crippen molar-refractivity contribution in [1.82, 2.24) is 10.2 Å². The van der Waals surface area contributed by atoms with Gasteiger partial charge in [-0.1, -0.05) is 38.1 Å². The normalized spacial score (nSPS) is 22.1. The number of nitrogens with one attached hydrogen (secondary N) is 2. The van der Waals surface area contributed by atoms with E-state index in [-0.39, 0.29) is 11.9 Å². The van der Waals surface area contributed by atoms with E-state index in [2.05, 4.69) is 25.2 Å². The Morgan fingerprint density at radius 1 is 1.25 bits per heavy atom. The Bertz CT molecular complexity index is 948. The highest BCUT2D eigenvalue weighted by atomic mass is 32.2. The minimum absolute atomic E-state index is 0.0538. The average molecular weight is 393 g/mol. The number of hydrogen-bond acceptors (Lipinski definition) is 4. The number of benzene rings is 2. The lowest BCUT2D eigenvalue weighted by atomic mass is 9.73. The number of likely N-dealkylation sites (N-methyl/N-ethyl adjacent to an activating group) is 1. The van der Waals surface area contributed by atoms with E-state index < -0.39 is 11.5 Å². The second kappa shape index (κ2) is 7.69. The van der Waals surface area contributed by atoms with Crippen LogP contribution >= 0.6 is 11.8 Å². The van der Waals surface area contributed by atoms with E-state index in [1.54, 1.807) is 30.9 Å². The fourth-order valence-electron chi connectivity index (χ4n) is 3.59. The molecule has 2 N–H and O–H groups in total. The molecule has 0 saturated carbocycles. The summed E-state index contributed by atoms with van der Waals surface area (Å²) in [6, 6.07) is 17.5. The Labute approximate surface area is 170 Å². The fraction of sp³-hybridized carbons (Fsp3) is 0.318. The quantitative estimate of drug-likeness (QED) is 0.769. The summed E-state index contributed by atoms with van der Waals surface area (Å²) in [5, 5.41) is 21.2. The van der Waals surface area contributed by atoms with Crippen molar-refractivity contribution in [3.05, 3.63) is 65.2 Å². The van der Waals surface area contributed by atoms with Crippen LogP contribution in [0.2, 0.25) is 0 Å². The largest absolute Gasteiger partial charge is 0.346 e. The zero-order chi connectivity index (χ0) is 20.5. The Morgan fingerprint density at radius 3 is 2.54 bits per heavy atom. The van der Waals surface area contributed by atoms with Gasteiger partial charge in [0.2, 0.25) is 5.91 Å². The van der Waals surface area contributed by atoms with Gasteiger partial charge in [0.15, 0.2) is 5.96 Å². The molecule has 0 unspecified atom stereocenters. The molecule has 0 bridgehead atoms. The molecule has 1 aliphatic rings. The number of guanidine groups is 1. The summed E-state index contributed by atoms with van der Waals surface area (Å²) in [6.45, 7) is 6.21. The summed E-state index contributed by atoms with van der Waals surface area (Å²) in [4.78, 5) is 15.7. The zero-order valence-corrected chi connectivity index (χ0v) is 17.3. The average Bonchev–Trinajstić information content (AvgIpc) is 2.67. The predicted octanol–water partition coefficient (Wildman–Crippen LogP) is 4.05. The van der Waals surface area contributed by atoms with Crippen LogP contribution in [-0.2, 0) is 10.3 Å². The van der Waals surface area contributed by atoms with Crippen molar-refractivity contribution in [3.63, 3.8) is 0 Å². The molecule has 28 heavy (non-hydrogen) atoms. The number of nitriles is 1. The molecule has 0 aromatic heterocycles. The first-order valence-electron chi connectivity index (χ1n) is 9.18. The lowest BCUT2D eigenvalue weighted by Crippen LogP contribution is -2.62. The number of carbonyl (C=O) groups excluding carboxylic acids is 1. The van der Waals surface area contributed by atoms with Gasteiger partial charge in [-0.3, -0.25) is 15.1 Å². The maximum atomic E-state index is 13.2. The Kier molecular flexibility index (Phi) is 5.48. The molecule has 3 rings (SSSR count). The highest BCUT2D eigenvalue weighted by Gasteiger charge is 2.48. The minimum Gasteiger partial charge on any atom is -0.346 e. The summed E-state index contributed by atoms with van der Waals surface area (Å²) in [7, 11) is 1.61. The monoisotopic (exact) mass is 392 g/mol. The number of thioether (sulfide) groups is 1. The summed E-state index contributed by atoms with van der Waals surface area (Å²) < 4.78 is 0. The fourth-order valence-corrected chi connectivity index (χ4v) is 4.43. The second-order valence-electron chi connectivity index (χ2n) is 7.43. The summed E-state index contributed by atoms with van der Waals surface area (Å²) in [5.41, 5.74) is 1.39. The van der Waals surface area contributed by atoms with Crippen LogP contribution in [0.5, 0.6) is 0 Å². The van der Waals surface area contributed by atoms with E-state index in [4.69, 9.17) is 5.41 Å². The lowest BCUT2D eigenvalue weighted by Gasteiger charge is -2.46. The Hall–Kier alpha value is -2.78. The molecule has 2 aromatic carbocycles. The maximum Gasteiger partial charge on any atom is 0.239 e. The summed E-state index contributed by atoms with van der Waals surface area (Å²) >= 11 is 1.78. The predicted molar refractivity (Wildman–Crippen MR) is 112 cm³/mol. The number of rotatable bonds is 4. The molecule has 6 heteroatoms. The first kappa shape index (κ1) is 20.0. The van der Waals surface area contributed by atoms with Crippen LogP contribution in [0.3, 0.4) is 0 Å². The second-order valence-corrected chi connectivity index (χ2v) is 9.08. The van der Waals surface area contributed by atoms with Crippen molar-refractivity contribution in [1.29, 1.82) is 10.7 Å². The van der Waals surface area contributed by atoms with Crippen LogP contribution < -0.4 is 5.32 Å². The molecule has 0 radical (unpaired) electrons. The van der Waals surface area contributed by atoms with E-state index >= 15 is 0 Å². The van der Waals surface area contributed by atoms with Gasteiger partial charge in [-0.25, -0.2) is 0 Å². The van der Waals surface area contributed by atoms with Crippen LogP contribution in [0.15, 0.2) is 53.4 Å². The molecule has 5 nitrogen and oxygen atoms in total. The van der Waals surface area contributed by atoms with Crippen molar-refractivity contribution >= 4 is 23.6 Å². The van der Waals surface area contributed by atoms with Gasteiger partial charge in [0, 0.05) is 17.2 Å². The van der Waals surface area contributed by atoms with Crippen molar-refractivity contribution in [2.45, 2.75) is 42.4 Å². The van der Waals surface area contributed by atoms with Crippen LogP contribution in [0.4, 0.5) is 0 Å². The van der Waals surface area contributed by atoms with E-state index in [0.717, 1.165) is 16.0 Å². The highest BCUT2D eigenvalue weighted by molar-refractivity contribution is 7.99. The third-order valence-electron chi connectivity index (χ3n) is 5.04. The van der Waals surface area contributed by atoms with Gasteiger partial charge < -0.3 is 5.32 Å². The van der Waals surface area contributed by atoms with Crippen molar-refractivity contribution < 1.29 is 4.79 Å². The number of nitrogens with zero attached hydrogens (tertiary/aromatic N) is 2. The smallest absolute Gasteiger partial charge is 0.239 e. The molecule has 1 saturated heterocycles. The van der Waals surface area contributed by atoms with Gasteiger partial charge in [-0.15, -0.1) is 11.8 Å². The molecular formula is C22H24N4OS. The lowest BCUT2D eigenvalue weighted by molar-refractivity contribution is -0.131. The van der Waals surface area contributed by atoms with Crippen molar-refractivity contribution in [2.75, 3.05) is 7.05 Å². The van der Waals surface area contributed by atoms with Gasteiger partial charge in [-0.05, 0) is 42.3 Å². The van der Waals surface area contributed by atoms with E-state index in [1.165, 1.54) is 4.90 Å². The van der Waals surface area contributed by atoms with Crippen LogP contribution in [-0.4, -0.2) is 29.1 Å². The standard InChI is InChI=1S/C22H24N4OS/c1-14(2)28-18-10-8-16(9-11-18)19-20(27)26(4)21(24)25-22(19,3)17-7-5-6-15(12-17)13-23/h5-12,14,19H,1-4H3,(H2,24,25)/t19-,22+/m0/s1. The SMILES string of the molecule is CC(C)Sc1ccc([C@H]2C(=O)N(C)C(=N)N[C@]2(C)c2cccc(C#N)c2)cc1. The molecule has 1 amide bonds. The molecule has 144 valence electrons. The molecule has 1 heterocycles. The van der Waals surface area contributed by atoms with Crippen molar-refractivity contribution in [3.8, 4) is 6.07 Å². The maximum absolute atomic E-state index is 13.2. The van der Waals surface area contributed by atoms with Gasteiger partial charge >= 0.3 is 0 Å². The molecule has 0 spiro atoms. The molecule has 2 atom stereocenters. The number of carbonyl (C=O) groups is 1. The van der Waals surface area contributed by atoms with Crippen LogP contribution in [0, 0.1) is 16.7 Å². The topological polar surface area (TPSA) is 80.0 Å². The van der Waals surface area contributed by atoms with Gasteiger partial charge in [0.1, 0.15) is 0 Å². The summed E-state index contributed by atoms with van der Waals surface area (Å²) in [6.07, 6.45) is 0. The van der Waals surface area contributed by atoms with Gasteiger partial charge in [-0.2, -0.15) is 5.26 Å². The van der Waals surface area contributed by atoms with E-state index in [0.29, 0.717) is 10.8 Å². The molecule has 0 aliphatic carbocycles. The van der Waals surface area contributed by atoms with Crippen LogP contribution in [0.25, 0.3) is 0 Å². The van der Waals surface area contributed by atoms with Crippen LogP contribution in [0.1, 0.15) is 43.4 Å². The van der Waals surface area contributed by atoms with E-state index in [9.17, 15) is 10.1 Å². The Morgan fingerprint density at radius 2 is 1.93 bits per heavy atom. The van der Waals surface area contributed by atoms with Crippen molar-refractivity contribution in [2.24, 2.45) is 0 Å². The molecule has 1 fully saturated rings. The third-order valence-corrected chi connectivity index (χ3v) is 6.06. The third kappa shape index (κ3) is 3.63. The van der Waals surface area contributed by atoms with Gasteiger partial charge in [0.25, 0.3) is 0 Å².